The van der Waals surface area contributed by atoms with Crippen molar-refractivity contribution in [2.45, 2.75) is 123 Å². The number of fused-ring (bicyclic) bond motifs is 2. The maximum atomic E-state index is 15.1. The Morgan fingerprint density at radius 3 is 2.40 bits per heavy atom. The van der Waals surface area contributed by atoms with Gasteiger partial charge in [-0.05, 0) is 72.4 Å². The van der Waals surface area contributed by atoms with Gasteiger partial charge in [0.25, 0.3) is 6.43 Å². The lowest BCUT2D eigenvalue weighted by atomic mass is 9.85. The Kier molecular flexibility index (Phi) is 14.1. The van der Waals surface area contributed by atoms with Gasteiger partial charge in [-0.15, -0.1) is 11.3 Å². The minimum atomic E-state index is -2.86. The summed E-state index contributed by atoms with van der Waals surface area (Å²) in [7, 11) is 0. The van der Waals surface area contributed by atoms with Gasteiger partial charge >= 0.3 is 0 Å². The molecule has 0 aliphatic carbocycles. The van der Waals surface area contributed by atoms with Crippen LogP contribution in [0.2, 0.25) is 0 Å². The van der Waals surface area contributed by atoms with Gasteiger partial charge < -0.3 is 35.2 Å². The van der Waals surface area contributed by atoms with Gasteiger partial charge in [-0.1, -0.05) is 45.0 Å². The third-order valence-electron chi connectivity index (χ3n) is 13.9. The number of halogens is 2. The van der Waals surface area contributed by atoms with Crippen molar-refractivity contribution in [1.29, 1.82) is 0 Å². The first-order valence-electron chi connectivity index (χ1n) is 24.1. The largest absolute Gasteiger partial charge is 0.391 e. The first kappa shape index (κ1) is 48.8. The maximum Gasteiger partial charge on any atom is 0.264 e. The lowest BCUT2D eigenvalue weighted by Gasteiger charge is -2.35. The molecule has 7 heterocycles. The number of alkyl halides is 2. The summed E-state index contributed by atoms with van der Waals surface area (Å²) in [6, 6.07) is 9.21. The van der Waals surface area contributed by atoms with Gasteiger partial charge in [0.1, 0.15) is 12.1 Å². The summed E-state index contributed by atoms with van der Waals surface area (Å²) >= 11 is 1.56. The predicted molar refractivity (Wildman–Crippen MR) is 259 cm³/mol. The number of aliphatic hydroxyl groups excluding tert-OH is 1. The molecule has 2 saturated heterocycles. The summed E-state index contributed by atoms with van der Waals surface area (Å²) in [5, 5.41) is 21.7. The second kappa shape index (κ2) is 20.3. The molecule has 2 fully saturated rings. The van der Waals surface area contributed by atoms with Crippen molar-refractivity contribution >= 4 is 46.5 Å². The number of hydrogen-bond acceptors (Lipinski definition) is 12. The number of carbonyl (C=O) groups excluding carboxylic acids is 4. The van der Waals surface area contributed by atoms with Crippen molar-refractivity contribution in [2.75, 3.05) is 37.7 Å². The molecule has 4 amide bonds. The van der Waals surface area contributed by atoms with E-state index in [4.69, 9.17) is 9.84 Å². The lowest BCUT2D eigenvalue weighted by molar-refractivity contribution is -0.144. The molecule has 70 heavy (non-hydrogen) atoms. The summed E-state index contributed by atoms with van der Waals surface area (Å²) in [6.45, 7) is 11.9. The number of aryl methyl sites for hydroxylation is 2. The number of aliphatic hydroxyl groups is 1. The zero-order chi connectivity index (χ0) is 49.4. The Bertz CT molecular complexity index is 2750. The Morgan fingerprint density at radius 1 is 0.986 bits per heavy atom. The summed E-state index contributed by atoms with van der Waals surface area (Å²) in [4.78, 5) is 73.6. The monoisotopic (exact) mass is 978 g/mol. The van der Waals surface area contributed by atoms with Crippen LogP contribution in [0.4, 0.5) is 20.3 Å². The van der Waals surface area contributed by atoms with Crippen molar-refractivity contribution < 1.29 is 37.8 Å². The molecule has 19 heteroatoms. The van der Waals surface area contributed by atoms with Crippen LogP contribution in [0.5, 0.6) is 0 Å². The number of carbonyl (C=O) groups is 4. The average molecular weight is 979 g/mol. The van der Waals surface area contributed by atoms with Gasteiger partial charge in [0.05, 0.1) is 41.2 Å². The standard InChI is InChI=1S/C51H60F2N10O6S/c1-29-44(70-28-57-29)33-10-8-31(9-11-33)23-56-49(67)42-21-36(65)26-62(42)50(68)45(51(3,4)5)58-43(66)19-32-24-54-47(55-25-32)38-20-34-7-6-15-61(41(34)22-37(38)46(52)53)48-39-27-60(30(2)64)16-12-40(39)63(59-48)35-13-17-69-18-14-35/h8-11,20,22,24-25,28,35-36,42,45-46,65H,6-7,12-19,21,23,26-27H2,1-5H3,(H,56,67)(H,58,66)/t36-,42+,45-/m1/s1. The fourth-order valence-electron chi connectivity index (χ4n) is 10.2. The number of amides is 4. The topological polar surface area (TPSA) is 188 Å². The average Bonchev–Trinajstić information content (AvgIpc) is 4.08. The summed E-state index contributed by atoms with van der Waals surface area (Å²) in [5.74, 6) is -0.659. The number of rotatable bonds is 12. The van der Waals surface area contributed by atoms with Crippen molar-refractivity contribution in [3.05, 3.63) is 93.5 Å². The molecule has 5 aromatic rings. The van der Waals surface area contributed by atoms with Gasteiger partial charge in [0, 0.05) is 99.6 Å². The van der Waals surface area contributed by atoms with Crippen LogP contribution >= 0.6 is 11.3 Å². The highest BCUT2D eigenvalue weighted by Gasteiger charge is 2.44. The molecular formula is C51H60F2N10O6S. The van der Waals surface area contributed by atoms with E-state index in [1.807, 2.05) is 36.1 Å². The summed E-state index contributed by atoms with van der Waals surface area (Å²) in [6.07, 6.45) is 2.60. The third-order valence-corrected chi connectivity index (χ3v) is 14.9. The Hall–Kier alpha value is -6.18. The van der Waals surface area contributed by atoms with Crippen LogP contribution < -0.4 is 15.5 Å². The number of likely N-dealkylation sites (tertiary alicyclic amines) is 1. The van der Waals surface area contributed by atoms with E-state index < -0.39 is 47.7 Å². The van der Waals surface area contributed by atoms with E-state index in [0.29, 0.717) is 62.8 Å². The van der Waals surface area contributed by atoms with E-state index in [0.717, 1.165) is 57.8 Å². The van der Waals surface area contributed by atoms with Crippen LogP contribution in [0.15, 0.2) is 54.3 Å². The zero-order valence-corrected chi connectivity index (χ0v) is 41.0. The van der Waals surface area contributed by atoms with Gasteiger partial charge in [-0.25, -0.2) is 23.7 Å². The minimum Gasteiger partial charge on any atom is -0.391 e. The molecule has 0 radical (unpaired) electrons. The minimum absolute atomic E-state index is 0.0254. The Labute approximate surface area is 409 Å². The molecule has 0 spiro atoms. The smallest absolute Gasteiger partial charge is 0.264 e. The van der Waals surface area contributed by atoms with Crippen LogP contribution in [0, 0.1) is 12.3 Å². The normalized spacial score (nSPS) is 19.0. The van der Waals surface area contributed by atoms with Crippen LogP contribution in [-0.2, 0) is 56.3 Å². The highest BCUT2D eigenvalue weighted by Crippen LogP contribution is 2.43. The number of hydrogen-bond donors (Lipinski definition) is 3. The van der Waals surface area contributed by atoms with Gasteiger partial charge in [-0.2, -0.15) is 5.10 Å². The molecule has 3 N–H and O–H groups in total. The van der Waals surface area contributed by atoms with Crippen LogP contribution in [-0.4, -0.2) is 114 Å². The van der Waals surface area contributed by atoms with Gasteiger partial charge in [-0.3, -0.25) is 23.9 Å². The molecule has 3 aromatic heterocycles. The summed E-state index contributed by atoms with van der Waals surface area (Å²) in [5.41, 5.74) is 7.73. The van der Waals surface area contributed by atoms with Gasteiger partial charge in [0.15, 0.2) is 11.6 Å². The maximum absolute atomic E-state index is 15.1. The second-order valence-electron chi connectivity index (χ2n) is 19.9. The molecular weight excluding hydrogens is 919 g/mol. The number of β-amino-alcohol motifs (C(OH)–C–C–N with tert-alkyl or cyclic N) is 1. The molecule has 2 aromatic carbocycles. The molecule has 0 bridgehead atoms. The highest BCUT2D eigenvalue weighted by atomic mass is 32.1. The fourth-order valence-corrected chi connectivity index (χ4v) is 11.0. The lowest BCUT2D eigenvalue weighted by Crippen LogP contribution is -2.58. The molecule has 4 aliphatic rings. The van der Waals surface area contributed by atoms with Crippen molar-refractivity contribution in [3.63, 3.8) is 0 Å². The molecule has 370 valence electrons. The Morgan fingerprint density at radius 2 is 1.73 bits per heavy atom. The molecule has 9 rings (SSSR count). The number of aromatic nitrogens is 5. The van der Waals surface area contributed by atoms with E-state index >= 15 is 8.78 Å². The van der Waals surface area contributed by atoms with Crippen LogP contribution in [0.3, 0.4) is 0 Å². The number of nitrogens with zero attached hydrogens (tertiary/aromatic N) is 8. The second-order valence-corrected chi connectivity index (χ2v) is 20.7. The fraction of sp³-hybridized carbons (Fsp3) is 0.490. The van der Waals surface area contributed by atoms with Crippen LogP contribution in [0.1, 0.15) is 105 Å². The van der Waals surface area contributed by atoms with Crippen molar-refractivity contribution in [3.8, 4) is 21.8 Å². The molecule has 16 nitrogen and oxygen atoms in total. The molecule has 0 saturated carbocycles. The number of benzene rings is 2. The van der Waals surface area contributed by atoms with Crippen molar-refractivity contribution in [1.82, 2.24) is 45.2 Å². The van der Waals surface area contributed by atoms with E-state index in [2.05, 4.69) is 30.3 Å². The quantitative estimate of drug-likeness (QED) is 0.126. The Balaban J connectivity index is 0.884. The highest BCUT2D eigenvalue weighted by molar-refractivity contribution is 7.13. The number of thiazole rings is 1. The third kappa shape index (κ3) is 10.2. The number of ether oxygens (including phenoxy) is 1. The molecule has 0 unspecified atom stereocenters. The zero-order valence-electron chi connectivity index (χ0n) is 40.2. The van der Waals surface area contributed by atoms with Crippen molar-refractivity contribution in [2.24, 2.45) is 5.41 Å². The predicted octanol–water partition coefficient (Wildman–Crippen LogP) is 6.40. The van der Waals surface area contributed by atoms with E-state index in [1.165, 1.54) is 23.4 Å². The summed E-state index contributed by atoms with van der Waals surface area (Å²) < 4.78 is 38.0. The molecule has 4 aliphatic heterocycles. The first-order valence-corrected chi connectivity index (χ1v) is 24.9. The number of anilines is 2. The van der Waals surface area contributed by atoms with E-state index in [-0.39, 0.29) is 54.8 Å². The van der Waals surface area contributed by atoms with E-state index in [9.17, 15) is 24.3 Å². The SMILES string of the molecule is CC(=O)N1CCc2c(c(N3CCCc4cc(-c5ncc(CC(=O)N[C@H](C(=O)N6C[C@H](O)C[C@H]6C(=O)NCc6ccc(-c7scnc7C)cc6)C(C)(C)C)cn5)c(C(F)F)cc43)nn2C2CCOCC2)C1. The van der Waals surface area contributed by atoms with E-state index in [1.54, 1.807) is 55.5 Å². The first-order chi connectivity index (χ1) is 33.5. The van der Waals surface area contributed by atoms with Gasteiger partial charge in [0.2, 0.25) is 23.6 Å². The molecule has 3 atom stereocenters. The number of nitrogens with one attached hydrogen (secondary N) is 2. The van der Waals surface area contributed by atoms with Crippen LogP contribution in [0.25, 0.3) is 21.8 Å².